The molecule has 4 rings (SSSR count). The van der Waals surface area contributed by atoms with E-state index in [9.17, 15) is 22.8 Å². The van der Waals surface area contributed by atoms with Crippen molar-refractivity contribution in [3.63, 3.8) is 0 Å². The number of alkyl halides is 3. The van der Waals surface area contributed by atoms with Crippen LogP contribution in [0.5, 0.6) is 0 Å². The molecule has 4 nitrogen and oxygen atoms in total. The Morgan fingerprint density at radius 1 is 1.00 bits per heavy atom. The standard InChI is InChI=1S/C27H24ClF3N2O2/c1-3-32(21-14-12-20(28)13-15-21)26(35)23-16-17(2)33(24-7-5-4-6-22(23)24)25(34)18-8-10-19(11-9-18)27(29,30)31/h4-15,17,23H,3,16H2,1-2H3/t17-,23-/m1/s1. The van der Waals surface area contributed by atoms with Gasteiger partial charge in [-0.2, -0.15) is 13.2 Å². The normalized spacial score (nSPS) is 17.6. The fourth-order valence-corrected chi connectivity index (χ4v) is 4.70. The Balaban J connectivity index is 1.67. The highest BCUT2D eigenvalue weighted by Crippen LogP contribution is 2.41. The number of benzene rings is 3. The van der Waals surface area contributed by atoms with Gasteiger partial charge in [-0.15, -0.1) is 0 Å². The Morgan fingerprint density at radius 2 is 1.63 bits per heavy atom. The maximum absolute atomic E-state index is 13.7. The fourth-order valence-electron chi connectivity index (χ4n) is 4.57. The summed E-state index contributed by atoms with van der Waals surface area (Å²) in [6, 6.07) is 18.1. The first-order chi connectivity index (χ1) is 16.6. The molecule has 1 aliphatic rings. The van der Waals surface area contributed by atoms with E-state index in [2.05, 4.69) is 0 Å². The minimum Gasteiger partial charge on any atom is -0.312 e. The van der Waals surface area contributed by atoms with Crippen LogP contribution in [0.25, 0.3) is 0 Å². The second-order valence-electron chi connectivity index (χ2n) is 8.51. The predicted octanol–water partition coefficient (Wildman–Crippen LogP) is 6.93. The van der Waals surface area contributed by atoms with Gasteiger partial charge in [0.15, 0.2) is 0 Å². The van der Waals surface area contributed by atoms with Crippen LogP contribution in [0.4, 0.5) is 24.5 Å². The first kappa shape index (κ1) is 24.8. The van der Waals surface area contributed by atoms with Crippen LogP contribution in [0.15, 0.2) is 72.8 Å². The quantitative estimate of drug-likeness (QED) is 0.389. The van der Waals surface area contributed by atoms with Crippen molar-refractivity contribution < 1.29 is 22.8 Å². The Hall–Kier alpha value is -3.32. The molecule has 3 aromatic rings. The van der Waals surface area contributed by atoms with Crippen LogP contribution in [0.2, 0.25) is 5.02 Å². The third kappa shape index (κ3) is 4.91. The first-order valence-corrected chi connectivity index (χ1v) is 11.7. The van der Waals surface area contributed by atoms with Gasteiger partial charge in [0.05, 0.1) is 11.5 Å². The number of anilines is 2. The molecule has 35 heavy (non-hydrogen) atoms. The van der Waals surface area contributed by atoms with Gasteiger partial charge in [-0.3, -0.25) is 9.59 Å². The summed E-state index contributed by atoms with van der Waals surface area (Å²) < 4.78 is 38.9. The third-order valence-corrected chi connectivity index (χ3v) is 6.54. The second kappa shape index (κ2) is 9.74. The molecule has 3 aromatic carbocycles. The summed E-state index contributed by atoms with van der Waals surface area (Å²) in [6.07, 6.45) is -4.10. The lowest BCUT2D eigenvalue weighted by Gasteiger charge is -2.40. The van der Waals surface area contributed by atoms with Gasteiger partial charge in [-0.1, -0.05) is 29.8 Å². The van der Waals surface area contributed by atoms with E-state index in [4.69, 9.17) is 11.6 Å². The summed E-state index contributed by atoms with van der Waals surface area (Å²) in [5.74, 6) is -0.973. The highest BCUT2D eigenvalue weighted by molar-refractivity contribution is 6.30. The molecule has 182 valence electrons. The van der Waals surface area contributed by atoms with Gasteiger partial charge in [-0.05, 0) is 80.4 Å². The molecular formula is C27H24ClF3N2O2. The molecule has 8 heteroatoms. The fraction of sp³-hybridized carbons (Fsp3) is 0.259. The maximum atomic E-state index is 13.7. The molecule has 2 atom stereocenters. The molecule has 0 aliphatic carbocycles. The van der Waals surface area contributed by atoms with Gasteiger partial charge in [0.1, 0.15) is 0 Å². The minimum atomic E-state index is -4.48. The van der Waals surface area contributed by atoms with E-state index in [1.54, 1.807) is 46.2 Å². The number of likely N-dealkylation sites (N-methyl/N-ethyl adjacent to an activating group) is 1. The van der Waals surface area contributed by atoms with E-state index in [1.807, 2.05) is 26.0 Å². The Kier molecular flexibility index (Phi) is 6.90. The number of hydrogen-bond donors (Lipinski definition) is 0. The highest BCUT2D eigenvalue weighted by Gasteiger charge is 2.39. The second-order valence-corrected chi connectivity index (χ2v) is 8.94. The molecule has 0 unspecified atom stereocenters. The van der Waals surface area contributed by atoms with Crippen LogP contribution < -0.4 is 9.80 Å². The monoisotopic (exact) mass is 500 g/mol. The van der Waals surface area contributed by atoms with Crippen LogP contribution in [-0.4, -0.2) is 24.4 Å². The summed E-state index contributed by atoms with van der Waals surface area (Å²) in [7, 11) is 0. The summed E-state index contributed by atoms with van der Waals surface area (Å²) in [5, 5.41) is 0.575. The molecule has 0 bridgehead atoms. The maximum Gasteiger partial charge on any atom is 0.416 e. The molecule has 1 aliphatic heterocycles. The minimum absolute atomic E-state index is 0.0873. The van der Waals surface area contributed by atoms with E-state index < -0.39 is 23.6 Å². The largest absolute Gasteiger partial charge is 0.416 e. The molecule has 0 N–H and O–H groups in total. The van der Waals surface area contributed by atoms with Gasteiger partial charge >= 0.3 is 6.18 Å². The van der Waals surface area contributed by atoms with Crippen LogP contribution in [-0.2, 0) is 11.0 Å². The van der Waals surface area contributed by atoms with Gasteiger partial charge in [-0.25, -0.2) is 0 Å². The zero-order valence-corrected chi connectivity index (χ0v) is 20.0. The number of nitrogens with zero attached hydrogens (tertiary/aromatic N) is 2. The van der Waals surface area contributed by atoms with Gasteiger partial charge < -0.3 is 9.80 Å². The van der Waals surface area contributed by atoms with Crippen molar-refractivity contribution in [3.05, 3.63) is 94.5 Å². The smallest absolute Gasteiger partial charge is 0.312 e. The Bertz CT molecular complexity index is 1230. The van der Waals surface area contributed by atoms with E-state index in [-0.39, 0.29) is 17.5 Å². The molecule has 0 fully saturated rings. The first-order valence-electron chi connectivity index (χ1n) is 11.3. The number of rotatable bonds is 4. The molecule has 0 saturated heterocycles. The van der Waals surface area contributed by atoms with Gasteiger partial charge in [0.25, 0.3) is 5.91 Å². The molecule has 2 amide bonds. The molecule has 0 spiro atoms. The lowest BCUT2D eigenvalue weighted by atomic mass is 9.84. The highest BCUT2D eigenvalue weighted by atomic mass is 35.5. The average Bonchev–Trinajstić information content (AvgIpc) is 2.84. The topological polar surface area (TPSA) is 40.6 Å². The average molecular weight is 501 g/mol. The van der Waals surface area contributed by atoms with Crippen LogP contribution >= 0.6 is 11.6 Å². The van der Waals surface area contributed by atoms with Gasteiger partial charge in [0.2, 0.25) is 5.91 Å². The van der Waals surface area contributed by atoms with E-state index in [0.717, 1.165) is 17.8 Å². The lowest BCUT2D eigenvalue weighted by Crippen LogP contribution is -2.46. The van der Waals surface area contributed by atoms with Crippen LogP contribution in [0.1, 0.15) is 47.7 Å². The number of carbonyl (C=O) groups is 2. The summed E-state index contributed by atoms with van der Waals surface area (Å²) in [6.45, 7) is 4.20. The van der Waals surface area contributed by atoms with E-state index in [0.29, 0.717) is 29.2 Å². The van der Waals surface area contributed by atoms with Crippen LogP contribution in [0.3, 0.4) is 0 Å². The van der Waals surface area contributed by atoms with E-state index in [1.165, 1.54) is 12.1 Å². The zero-order chi connectivity index (χ0) is 25.3. The van der Waals surface area contributed by atoms with Crippen molar-refractivity contribution in [2.24, 2.45) is 0 Å². The molecular weight excluding hydrogens is 477 g/mol. The molecule has 0 aromatic heterocycles. The number of fused-ring (bicyclic) bond motifs is 1. The Morgan fingerprint density at radius 3 is 2.23 bits per heavy atom. The SMILES string of the molecule is CCN(C(=O)[C@@H]1C[C@@H](C)N(C(=O)c2ccc(C(F)(F)F)cc2)c2ccccc21)c1ccc(Cl)cc1. The third-order valence-electron chi connectivity index (χ3n) is 6.29. The number of halogens is 4. The number of amides is 2. The summed E-state index contributed by atoms with van der Waals surface area (Å²) in [4.78, 5) is 30.3. The van der Waals surface area contributed by atoms with Crippen molar-refractivity contribution in [3.8, 4) is 0 Å². The predicted molar refractivity (Wildman–Crippen MR) is 131 cm³/mol. The summed E-state index contributed by atoms with van der Waals surface area (Å²) in [5.41, 5.74) is 1.37. The number of hydrogen-bond acceptors (Lipinski definition) is 2. The van der Waals surface area contributed by atoms with Crippen molar-refractivity contribution in [2.45, 2.75) is 38.4 Å². The molecule has 0 radical (unpaired) electrons. The lowest BCUT2D eigenvalue weighted by molar-refractivity contribution is -0.137. The summed E-state index contributed by atoms with van der Waals surface area (Å²) >= 11 is 6.00. The van der Waals surface area contributed by atoms with Gasteiger partial charge in [0, 0.05) is 34.5 Å². The van der Waals surface area contributed by atoms with Crippen molar-refractivity contribution in [2.75, 3.05) is 16.3 Å². The molecule has 1 heterocycles. The van der Waals surface area contributed by atoms with Crippen LogP contribution in [0, 0.1) is 0 Å². The zero-order valence-electron chi connectivity index (χ0n) is 19.2. The number of para-hydroxylation sites is 1. The molecule has 0 saturated carbocycles. The van der Waals surface area contributed by atoms with Crippen molar-refractivity contribution in [1.29, 1.82) is 0 Å². The van der Waals surface area contributed by atoms with Crippen molar-refractivity contribution >= 4 is 34.8 Å². The number of carbonyl (C=O) groups excluding carboxylic acids is 2. The van der Waals surface area contributed by atoms with E-state index >= 15 is 0 Å². The Labute approximate surface area is 206 Å². The van der Waals surface area contributed by atoms with Crippen molar-refractivity contribution in [1.82, 2.24) is 0 Å².